The van der Waals surface area contributed by atoms with Crippen molar-refractivity contribution in [1.29, 1.82) is 0 Å². The molecule has 13 heavy (non-hydrogen) atoms. The second-order valence-electron chi connectivity index (χ2n) is 4.66. The third-order valence-corrected chi connectivity index (χ3v) is 2.52. The number of ether oxygens (including phenoxy) is 1. The van der Waals surface area contributed by atoms with Crippen LogP contribution in [0, 0.1) is 5.41 Å². The van der Waals surface area contributed by atoms with Crippen LogP contribution in [-0.2, 0) is 6.54 Å². The third-order valence-electron chi connectivity index (χ3n) is 2.52. The molecule has 0 saturated heterocycles. The fourth-order valence-electron chi connectivity index (χ4n) is 1.64. The van der Waals surface area contributed by atoms with Gasteiger partial charge in [-0.3, -0.25) is 0 Å². The summed E-state index contributed by atoms with van der Waals surface area (Å²) < 4.78 is 7.85. The molecule has 0 aliphatic carbocycles. The lowest BCUT2D eigenvalue weighted by molar-refractivity contribution is 0.0416. The first-order valence-corrected chi connectivity index (χ1v) is 4.75. The van der Waals surface area contributed by atoms with Crippen molar-refractivity contribution in [1.82, 2.24) is 9.55 Å². The normalized spacial score (nSPS) is 22.2. The summed E-state index contributed by atoms with van der Waals surface area (Å²) in [7, 11) is 0. The Morgan fingerprint density at radius 3 is 3.00 bits per heavy atom. The first-order chi connectivity index (χ1) is 6.07. The van der Waals surface area contributed by atoms with Gasteiger partial charge in [0.15, 0.2) is 0 Å². The van der Waals surface area contributed by atoms with Crippen LogP contribution in [0.3, 0.4) is 0 Å². The Labute approximate surface area is 78.7 Å². The van der Waals surface area contributed by atoms with E-state index in [1.165, 1.54) is 0 Å². The highest BCUT2D eigenvalue weighted by molar-refractivity contribution is 5.03. The van der Waals surface area contributed by atoms with Gasteiger partial charge in [-0.1, -0.05) is 20.8 Å². The number of hydrogen-bond acceptors (Lipinski definition) is 2. The molecule has 0 amide bonds. The molecule has 2 rings (SSSR count). The number of imidazole rings is 1. The zero-order chi connectivity index (χ0) is 9.47. The van der Waals surface area contributed by atoms with E-state index in [1.54, 1.807) is 6.20 Å². The van der Waals surface area contributed by atoms with Crippen molar-refractivity contribution in [2.24, 2.45) is 5.41 Å². The fraction of sp³-hybridized carbons (Fsp3) is 0.700. The van der Waals surface area contributed by atoms with Crippen molar-refractivity contribution in [2.75, 3.05) is 0 Å². The van der Waals surface area contributed by atoms with Gasteiger partial charge in [-0.05, 0) is 5.41 Å². The molecular formula is C10H16N2O. The van der Waals surface area contributed by atoms with E-state index in [9.17, 15) is 0 Å². The minimum atomic E-state index is 0.206. The van der Waals surface area contributed by atoms with Crippen LogP contribution >= 0.6 is 0 Å². The van der Waals surface area contributed by atoms with Crippen LogP contribution in [0.1, 0.15) is 27.2 Å². The van der Waals surface area contributed by atoms with Gasteiger partial charge in [0, 0.05) is 25.4 Å². The Kier molecular flexibility index (Phi) is 1.82. The van der Waals surface area contributed by atoms with Crippen LogP contribution in [0.2, 0.25) is 0 Å². The topological polar surface area (TPSA) is 27.1 Å². The highest BCUT2D eigenvalue weighted by Gasteiger charge is 2.30. The Morgan fingerprint density at radius 2 is 2.31 bits per heavy atom. The van der Waals surface area contributed by atoms with Gasteiger partial charge in [0.05, 0.1) is 0 Å². The van der Waals surface area contributed by atoms with E-state index in [0.717, 1.165) is 19.0 Å². The van der Waals surface area contributed by atoms with Crippen molar-refractivity contribution in [3.8, 4) is 6.01 Å². The summed E-state index contributed by atoms with van der Waals surface area (Å²) in [5, 5.41) is 0. The molecule has 0 fully saturated rings. The maximum atomic E-state index is 5.79. The summed E-state index contributed by atoms with van der Waals surface area (Å²) in [6.45, 7) is 7.64. The second kappa shape index (κ2) is 2.76. The molecule has 1 aromatic heterocycles. The van der Waals surface area contributed by atoms with Crippen molar-refractivity contribution < 1.29 is 4.74 Å². The highest BCUT2D eigenvalue weighted by atomic mass is 16.5. The zero-order valence-corrected chi connectivity index (χ0v) is 8.45. The lowest BCUT2D eigenvalue weighted by atomic mass is 9.87. The van der Waals surface area contributed by atoms with Crippen LogP contribution in [-0.4, -0.2) is 15.7 Å². The van der Waals surface area contributed by atoms with Gasteiger partial charge in [-0.15, -0.1) is 0 Å². The van der Waals surface area contributed by atoms with Gasteiger partial charge in [0.25, 0.3) is 6.01 Å². The number of nitrogens with zero attached hydrogens (tertiary/aromatic N) is 2. The first-order valence-electron chi connectivity index (χ1n) is 4.75. The van der Waals surface area contributed by atoms with Crippen molar-refractivity contribution in [2.45, 2.75) is 39.8 Å². The average Bonchev–Trinajstić information content (AvgIpc) is 2.47. The quantitative estimate of drug-likeness (QED) is 0.611. The van der Waals surface area contributed by atoms with Crippen LogP contribution in [0.25, 0.3) is 0 Å². The van der Waals surface area contributed by atoms with E-state index in [2.05, 4.69) is 30.3 Å². The molecule has 0 radical (unpaired) electrons. The van der Waals surface area contributed by atoms with E-state index in [4.69, 9.17) is 4.74 Å². The lowest BCUT2D eigenvalue weighted by Crippen LogP contribution is -2.36. The molecule has 1 atom stereocenters. The summed E-state index contributed by atoms with van der Waals surface area (Å²) in [5.41, 5.74) is 0.206. The molecule has 3 nitrogen and oxygen atoms in total. The molecule has 1 aliphatic heterocycles. The summed E-state index contributed by atoms with van der Waals surface area (Å²) in [4.78, 5) is 4.16. The van der Waals surface area contributed by atoms with Gasteiger partial charge in [-0.2, -0.15) is 0 Å². The summed E-state index contributed by atoms with van der Waals surface area (Å²) in [6, 6.07) is 0.770. The van der Waals surface area contributed by atoms with E-state index in [-0.39, 0.29) is 5.41 Å². The van der Waals surface area contributed by atoms with Gasteiger partial charge < -0.3 is 9.30 Å². The van der Waals surface area contributed by atoms with Crippen molar-refractivity contribution >= 4 is 0 Å². The van der Waals surface area contributed by atoms with Crippen LogP contribution in [0.4, 0.5) is 0 Å². The Morgan fingerprint density at radius 1 is 1.54 bits per heavy atom. The largest absolute Gasteiger partial charge is 0.461 e. The van der Waals surface area contributed by atoms with Gasteiger partial charge in [-0.25, -0.2) is 4.98 Å². The average molecular weight is 180 g/mol. The Bertz CT molecular complexity index is 298. The first kappa shape index (κ1) is 8.60. The Hall–Kier alpha value is -0.990. The van der Waals surface area contributed by atoms with E-state index in [1.807, 2.05) is 6.20 Å². The molecule has 0 spiro atoms. The number of rotatable bonds is 0. The van der Waals surface area contributed by atoms with Gasteiger partial charge in [0.2, 0.25) is 0 Å². The summed E-state index contributed by atoms with van der Waals surface area (Å²) in [6.07, 6.45) is 5.13. The number of hydrogen-bond donors (Lipinski definition) is 0. The maximum Gasteiger partial charge on any atom is 0.296 e. The minimum Gasteiger partial charge on any atom is -0.461 e. The molecule has 72 valence electrons. The Balaban J connectivity index is 2.18. The molecule has 0 N–H and O–H groups in total. The summed E-state index contributed by atoms with van der Waals surface area (Å²) >= 11 is 0. The monoisotopic (exact) mass is 180 g/mol. The fourth-order valence-corrected chi connectivity index (χ4v) is 1.64. The molecular weight excluding hydrogens is 164 g/mol. The molecule has 3 heteroatoms. The van der Waals surface area contributed by atoms with Crippen molar-refractivity contribution in [3.05, 3.63) is 12.4 Å². The maximum absolute atomic E-state index is 5.79. The molecule has 1 aliphatic rings. The second-order valence-corrected chi connectivity index (χ2v) is 4.66. The van der Waals surface area contributed by atoms with Crippen molar-refractivity contribution in [3.63, 3.8) is 0 Å². The van der Waals surface area contributed by atoms with Crippen LogP contribution in [0.5, 0.6) is 6.01 Å². The SMILES string of the molecule is CC(C)(C)C1CCn2ccnc2O1. The predicted molar refractivity (Wildman–Crippen MR) is 50.7 cm³/mol. The number of fused-ring (bicyclic) bond motifs is 1. The number of aryl methyl sites for hydroxylation is 1. The highest BCUT2D eigenvalue weighted by Crippen LogP contribution is 2.30. The molecule has 0 saturated carbocycles. The minimum absolute atomic E-state index is 0.206. The smallest absolute Gasteiger partial charge is 0.296 e. The molecule has 1 aromatic rings. The summed E-state index contributed by atoms with van der Waals surface area (Å²) in [5.74, 6) is 0. The number of aromatic nitrogens is 2. The standard InChI is InChI=1S/C10H16N2O/c1-10(2,3)8-4-6-12-7-5-11-9(12)13-8/h5,7-8H,4,6H2,1-3H3. The molecule has 0 bridgehead atoms. The predicted octanol–water partition coefficient (Wildman–Crippen LogP) is 2.08. The van der Waals surface area contributed by atoms with E-state index >= 15 is 0 Å². The molecule has 2 heterocycles. The van der Waals surface area contributed by atoms with E-state index < -0.39 is 0 Å². The molecule has 1 unspecified atom stereocenters. The zero-order valence-electron chi connectivity index (χ0n) is 8.45. The van der Waals surface area contributed by atoms with Crippen LogP contribution in [0.15, 0.2) is 12.4 Å². The van der Waals surface area contributed by atoms with Crippen LogP contribution < -0.4 is 4.74 Å². The van der Waals surface area contributed by atoms with Gasteiger partial charge in [0.1, 0.15) is 6.10 Å². The third kappa shape index (κ3) is 1.55. The van der Waals surface area contributed by atoms with E-state index in [0.29, 0.717) is 6.10 Å². The molecule has 0 aromatic carbocycles. The van der Waals surface area contributed by atoms with Gasteiger partial charge >= 0.3 is 0 Å². The lowest BCUT2D eigenvalue weighted by Gasteiger charge is -2.33.